The third kappa shape index (κ3) is 6.28. The van der Waals surface area contributed by atoms with Crippen molar-refractivity contribution >= 4 is 21.6 Å². The first-order valence-corrected chi connectivity index (χ1v) is 11.2. The van der Waals surface area contributed by atoms with Gasteiger partial charge in [-0.1, -0.05) is 17.7 Å². The van der Waals surface area contributed by atoms with Crippen LogP contribution < -0.4 is 10.0 Å². The minimum atomic E-state index is -3.70. The molecule has 1 heterocycles. The van der Waals surface area contributed by atoms with E-state index in [0.717, 1.165) is 44.8 Å². The maximum atomic E-state index is 12.5. The molecular formula is C21H27N3O4S. The number of hydrogen-bond acceptors (Lipinski definition) is 5. The van der Waals surface area contributed by atoms with E-state index in [9.17, 15) is 13.2 Å². The van der Waals surface area contributed by atoms with Gasteiger partial charge in [-0.2, -0.15) is 0 Å². The smallest absolute Gasteiger partial charge is 0.261 e. The number of nitrogens with zero attached hydrogens (tertiary/aromatic N) is 1. The fourth-order valence-corrected chi connectivity index (χ4v) is 4.11. The number of anilines is 1. The van der Waals surface area contributed by atoms with Crippen LogP contribution in [0.1, 0.15) is 22.3 Å². The normalized spacial score (nSPS) is 15.1. The van der Waals surface area contributed by atoms with Gasteiger partial charge in [0.1, 0.15) is 0 Å². The van der Waals surface area contributed by atoms with Crippen LogP contribution >= 0.6 is 0 Å². The summed E-state index contributed by atoms with van der Waals surface area (Å²) in [5, 5.41) is 2.88. The van der Waals surface area contributed by atoms with Crippen molar-refractivity contribution in [2.24, 2.45) is 0 Å². The highest BCUT2D eigenvalue weighted by Gasteiger charge is 2.15. The van der Waals surface area contributed by atoms with Gasteiger partial charge < -0.3 is 10.1 Å². The Balaban J connectivity index is 1.50. The van der Waals surface area contributed by atoms with Gasteiger partial charge in [0.15, 0.2) is 0 Å². The molecule has 156 valence electrons. The summed E-state index contributed by atoms with van der Waals surface area (Å²) in [5.74, 6) is -0.206. The molecule has 7 nitrogen and oxygen atoms in total. The lowest BCUT2D eigenvalue weighted by Gasteiger charge is -2.26. The van der Waals surface area contributed by atoms with E-state index in [4.69, 9.17) is 4.74 Å². The number of carbonyl (C=O) groups is 1. The topological polar surface area (TPSA) is 87.7 Å². The van der Waals surface area contributed by atoms with Crippen LogP contribution in [0.25, 0.3) is 0 Å². The third-order valence-corrected chi connectivity index (χ3v) is 6.17. The number of carbonyl (C=O) groups excluding carboxylic acids is 1. The van der Waals surface area contributed by atoms with Gasteiger partial charge in [-0.25, -0.2) is 8.42 Å². The first-order chi connectivity index (χ1) is 13.9. The monoisotopic (exact) mass is 417 g/mol. The predicted molar refractivity (Wildman–Crippen MR) is 113 cm³/mol. The van der Waals surface area contributed by atoms with E-state index in [1.54, 1.807) is 12.1 Å². The molecule has 0 unspecified atom stereocenters. The molecule has 0 atom stereocenters. The van der Waals surface area contributed by atoms with Gasteiger partial charge >= 0.3 is 0 Å². The van der Waals surface area contributed by atoms with E-state index < -0.39 is 10.0 Å². The summed E-state index contributed by atoms with van der Waals surface area (Å²) >= 11 is 0. The summed E-state index contributed by atoms with van der Waals surface area (Å²) in [6.07, 6.45) is 0.860. The molecule has 0 aliphatic carbocycles. The number of aryl methyl sites for hydroxylation is 1. The lowest BCUT2D eigenvalue weighted by Crippen LogP contribution is -2.38. The van der Waals surface area contributed by atoms with Crippen molar-refractivity contribution in [3.63, 3.8) is 0 Å². The molecule has 0 spiro atoms. The Hall–Kier alpha value is -2.42. The fourth-order valence-electron chi connectivity index (χ4n) is 3.05. The SMILES string of the molecule is Cc1ccc(NS(=O)(=O)c2ccc(C(=O)NCCCN3CCOCC3)cc2)cc1. The van der Waals surface area contributed by atoms with E-state index in [0.29, 0.717) is 17.8 Å². The molecule has 2 N–H and O–H groups in total. The van der Waals surface area contributed by atoms with Gasteiger partial charge in [0, 0.05) is 30.9 Å². The summed E-state index contributed by atoms with van der Waals surface area (Å²) in [6, 6.07) is 13.0. The molecule has 1 aliphatic heterocycles. The van der Waals surface area contributed by atoms with Crippen LogP contribution in [0.3, 0.4) is 0 Å². The Morgan fingerprint density at radius 2 is 1.69 bits per heavy atom. The standard InChI is InChI=1S/C21H27N3O4S/c1-17-3-7-19(8-4-17)23-29(26,27)20-9-5-18(6-10-20)21(25)22-11-2-12-24-13-15-28-16-14-24/h3-10,23H,2,11-16H2,1H3,(H,22,25). The Morgan fingerprint density at radius 3 is 2.34 bits per heavy atom. The summed E-state index contributed by atoms with van der Waals surface area (Å²) in [5.41, 5.74) is 1.98. The van der Waals surface area contributed by atoms with Crippen molar-refractivity contribution in [1.29, 1.82) is 0 Å². The zero-order valence-corrected chi connectivity index (χ0v) is 17.4. The van der Waals surface area contributed by atoms with Crippen LogP contribution in [0, 0.1) is 6.92 Å². The number of ether oxygens (including phenoxy) is 1. The summed E-state index contributed by atoms with van der Waals surface area (Å²) < 4.78 is 32.9. The van der Waals surface area contributed by atoms with Crippen LogP contribution in [-0.4, -0.2) is 58.6 Å². The number of benzene rings is 2. The van der Waals surface area contributed by atoms with Gasteiger partial charge in [-0.3, -0.25) is 14.4 Å². The fraction of sp³-hybridized carbons (Fsp3) is 0.381. The first-order valence-electron chi connectivity index (χ1n) is 9.72. The lowest BCUT2D eigenvalue weighted by molar-refractivity contribution is 0.0374. The minimum absolute atomic E-state index is 0.113. The quantitative estimate of drug-likeness (QED) is 0.643. The summed E-state index contributed by atoms with van der Waals surface area (Å²) in [7, 11) is -3.70. The molecule has 3 rings (SSSR count). The van der Waals surface area contributed by atoms with Gasteiger partial charge in [0.05, 0.1) is 18.1 Å². The van der Waals surface area contributed by atoms with E-state index in [1.807, 2.05) is 19.1 Å². The van der Waals surface area contributed by atoms with Crippen LogP contribution in [0.15, 0.2) is 53.4 Å². The average Bonchev–Trinajstić information content (AvgIpc) is 2.73. The van der Waals surface area contributed by atoms with Gasteiger partial charge in [0.2, 0.25) is 0 Å². The zero-order chi connectivity index (χ0) is 20.7. The highest BCUT2D eigenvalue weighted by Crippen LogP contribution is 2.17. The Labute approximate surface area is 172 Å². The Kier molecular flexibility index (Phi) is 7.24. The third-order valence-electron chi connectivity index (χ3n) is 4.77. The van der Waals surface area contributed by atoms with Crippen molar-refractivity contribution in [1.82, 2.24) is 10.2 Å². The largest absolute Gasteiger partial charge is 0.379 e. The molecule has 0 radical (unpaired) electrons. The first kappa shape index (κ1) is 21.3. The number of sulfonamides is 1. The molecule has 0 saturated carbocycles. The molecule has 8 heteroatoms. The van der Waals surface area contributed by atoms with Crippen LogP contribution in [-0.2, 0) is 14.8 Å². The molecule has 2 aromatic rings. The molecule has 2 aromatic carbocycles. The van der Waals surface area contributed by atoms with Gasteiger partial charge in [-0.15, -0.1) is 0 Å². The van der Waals surface area contributed by atoms with E-state index >= 15 is 0 Å². The van der Waals surface area contributed by atoms with Crippen LogP contribution in [0.5, 0.6) is 0 Å². The molecule has 29 heavy (non-hydrogen) atoms. The van der Waals surface area contributed by atoms with Crippen molar-refractivity contribution in [3.8, 4) is 0 Å². The van der Waals surface area contributed by atoms with Crippen molar-refractivity contribution in [3.05, 3.63) is 59.7 Å². The number of rotatable bonds is 8. The lowest BCUT2D eigenvalue weighted by atomic mass is 10.2. The van der Waals surface area contributed by atoms with Crippen molar-refractivity contribution in [2.45, 2.75) is 18.2 Å². The zero-order valence-electron chi connectivity index (χ0n) is 16.6. The van der Waals surface area contributed by atoms with Gasteiger partial charge in [0.25, 0.3) is 15.9 Å². The number of nitrogens with one attached hydrogen (secondary N) is 2. The van der Waals surface area contributed by atoms with Crippen molar-refractivity contribution < 1.29 is 17.9 Å². The van der Waals surface area contributed by atoms with Crippen LogP contribution in [0.2, 0.25) is 0 Å². The van der Waals surface area contributed by atoms with E-state index in [2.05, 4.69) is 14.9 Å². The van der Waals surface area contributed by atoms with Crippen LogP contribution in [0.4, 0.5) is 5.69 Å². The van der Waals surface area contributed by atoms with E-state index in [-0.39, 0.29) is 10.8 Å². The second kappa shape index (κ2) is 9.87. The molecule has 1 fully saturated rings. The Morgan fingerprint density at radius 1 is 1.03 bits per heavy atom. The minimum Gasteiger partial charge on any atom is -0.379 e. The summed E-state index contributed by atoms with van der Waals surface area (Å²) in [6.45, 7) is 6.82. The highest BCUT2D eigenvalue weighted by atomic mass is 32.2. The Bertz CT molecular complexity index is 906. The van der Waals surface area contributed by atoms with Crippen molar-refractivity contribution in [2.75, 3.05) is 44.1 Å². The number of amides is 1. The maximum Gasteiger partial charge on any atom is 0.261 e. The molecule has 0 aromatic heterocycles. The molecule has 1 aliphatic rings. The average molecular weight is 418 g/mol. The molecular weight excluding hydrogens is 390 g/mol. The number of hydrogen-bond donors (Lipinski definition) is 2. The predicted octanol–water partition coefficient (Wildman–Crippen LogP) is 2.25. The molecule has 1 saturated heterocycles. The molecule has 1 amide bonds. The van der Waals surface area contributed by atoms with E-state index in [1.165, 1.54) is 24.3 Å². The second-order valence-electron chi connectivity index (χ2n) is 7.06. The number of morpholine rings is 1. The second-order valence-corrected chi connectivity index (χ2v) is 8.74. The highest BCUT2D eigenvalue weighted by molar-refractivity contribution is 7.92. The summed E-state index contributed by atoms with van der Waals surface area (Å²) in [4.78, 5) is 14.7. The molecule has 0 bridgehead atoms. The van der Waals surface area contributed by atoms with Gasteiger partial charge in [-0.05, 0) is 56.3 Å². The maximum absolute atomic E-state index is 12.5.